The summed E-state index contributed by atoms with van der Waals surface area (Å²) in [6.07, 6.45) is 7.41. The zero-order valence-electron chi connectivity index (χ0n) is 18.5. The second kappa shape index (κ2) is 9.88. The highest BCUT2D eigenvalue weighted by molar-refractivity contribution is 5.85. The molecule has 2 N–H and O–H groups in total. The number of aryl methyl sites for hydroxylation is 1. The van der Waals surface area contributed by atoms with Crippen molar-refractivity contribution in [1.29, 1.82) is 0 Å². The van der Waals surface area contributed by atoms with Gasteiger partial charge in [-0.15, -0.1) is 12.4 Å². The van der Waals surface area contributed by atoms with E-state index in [1.165, 1.54) is 18.5 Å². The molecule has 1 aliphatic carbocycles. The van der Waals surface area contributed by atoms with Crippen molar-refractivity contribution in [2.75, 3.05) is 36.4 Å². The third kappa shape index (κ3) is 4.59. The van der Waals surface area contributed by atoms with E-state index in [1.54, 1.807) is 6.07 Å². The Morgan fingerprint density at radius 2 is 1.84 bits per heavy atom. The topological polar surface area (TPSA) is 75.1 Å². The molecular weight excluding hydrogens is 424 g/mol. The Balaban J connectivity index is 0.00000245. The summed E-state index contributed by atoms with van der Waals surface area (Å²) in [5, 5.41) is 7.72. The Kier molecular flexibility index (Phi) is 6.96. The maximum absolute atomic E-state index is 12.8. The van der Waals surface area contributed by atoms with E-state index in [0.29, 0.717) is 5.95 Å². The van der Waals surface area contributed by atoms with Gasteiger partial charge in [0.15, 0.2) is 0 Å². The first-order valence-corrected chi connectivity index (χ1v) is 11.4. The van der Waals surface area contributed by atoms with Crippen LogP contribution in [0.2, 0.25) is 0 Å². The highest BCUT2D eigenvalue weighted by atomic mass is 35.5. The van der Waals surface area contributed by atoms with Crippen LogP contribution in [-0.2, 0) is 0 Å². The molecule has 0 spiro atoms. The second-order valence-corrected chi connectivity index (χ2v) is 8.67. The molecule has 2 aliphatic rings. The lowest BCUT2D eigenvalue weighted by Crippen LogP contribution is -2.27. The Hall–Kier alpha value is -2.64. The fraction of sp³-hybridized carbons (Fsp3) is 0.458. The summed E-state index contributed by atoms with van der Waals surface area (Å²) in [7, 11) is 0. The first kappa shape index (κ1) is 22.6. The number of fused-ring (bicyclic) bond motifs is 1. The maximum Gasteiger partial charge on any atom is 0.252 e. The number of anilines is 3. The normalized spacial score (nSPS) is 17.2. The van der Waals surface area contributed by atoms with Crippen molar-refractivity contribution >= 4 is 40.8 Å². The van der Waals surface area contributed by atoms with Crippen molar-refractivity contribution in [2.24, 2.45) is 0 Å². The van der Waals surface area contributed by atoms with Crippen LogP contribution in [0.3, 0.4) is 0 Å². The van der Waals surface area contributed by atoms with E-state index >= 15 is 0 Å². The molecule has 0 atom stereocenters. The van der Waals surface area contributed by atoms with Crippen LogP contribution in [0.1, 0.15) is 43.7 Å². The molecule has 7 nitrogen and oxygen atoms in total. The van der Waals surface area contributed by atoms with Crippen LogP contribution < -0.4 is 21.1 Å². The van der Waals surface area contributed by atoms with Crippen LogP contribution in [0.15, 0.2) is 41.3 Å². The summed E-state index contributed by atoms with van der Waals surface area (Å²) in [4.78, 5) is 24.5. The van der Waals surface area contributed by atoms with E-state index in [1.807, 2.05) is 17.7 Å². The van der Waals surface area contributed by atoms with Crippen LogP contribution in [0, 0.1) is 6.92 Å². The van der Waals surface area contributed by atoms with Gasteiger partial charge in [0.05, 0.1) is 0 Å². The van der Waals surface area contributed by atoms with Gasteiger partial charge in [-0.05, 0) is 62.6 Å². The molecule has 0 radical (unpaired) electrons. The molecule has 1 saturated carbocycles. The van der Waals surface area contributed by atoms with Gasteiger partial charge >= 0.3 is 0 Å². The largest absolute Gasteiger partial charge is 0.370 e. The molecule has 0 amide bonds. The fourth-order valence-corrected chi connectivity index (χ4v) is 4.84. The van der Waals surface area contributed by atoms with E-state index in [9.17, 15) is 4.79 Å². The Morgan fingerprint density at radius 3 is 2.62 bits per heavy atom. The minimum absolute atomic E-state index is 0. The lowest BCUT2D eigenvalue weighted by atomic mass is 10.1. The van der Waals surface area contributed by atoms with Crippen molar-refractivity contribution in [3.8, 4) is 0 Å². The molecule has 0 unspecified atom stereocenters. The first-order chi connectivity index (χ1) is 15.2. The van der Waals surface area contributed by atoms with E-state index < -0.39 is 0 Å². The number of hydrogen-bond acceptors (Lipinski definition) is 6. The summed E-state index contributed by atoms with van der Waals surface area (Å²) in [6.45, 7) is 6.16. The molecule has 0 bridgehead atoms. The summed E-state index contributed by atoms with van der Waals surface area (Å²) in [5.41, 5.74) is 3.89. The lowest BCUT2D eigenvalue weighted by Gasteiger charge is -2.22. The minimum Gasteiger partial charge on any atom is -0.370 e. The van der Waals surface area contributed by atoms with E-state index in [0.717, 1.165) is 67.7 Å². The predicted octanol–water partition coefficient (Wildman–Crippen LogP) is 4.18. The Morgan fingerprint density at radius 1 is 1.06 bits per heavy atom. The van der Waals surface area contributed by atoms with Gasteiger partial charge in [0.2, 0.25) is 5.95 Å². The van der Waals surface area contributed by atoms with Gasteiger partial charge in [0.1, 0.15) is 5.65 Å². The van der Waals surface area contributed by atoms with Crippen molar-refractivity contribution < 1.29 is 0 Å². The zero-order valence-corrected chi connectivity index (χ0v) is 19.3. The number of aromatic nitrogens is 3. The zero-order chi connectivity index (χ0) is 21.2. The average molecular weight is 455 g/mol. The van der Waals surface area contributed by atoms with Crippen LogP contribution >= 0.6 is 12.4 Å². The molecule has 2 aromatic heterocycles. The standard InChI is InChI=1S/C24H30N6O.ClH/c1-17-15-22(31)30(20-5-2-3-6-20)23-21(17)16-26-24(28-23)27-18-7-9-19(10-8-18)29-13-4-11-25-12-14-29;/h7-10,15-16,20,25H,2-6,11-14H2,1H3,(H,26,27,28);1H. The van der Waals surface area contributed by atoms with Crippen molar-refractivity contribution in [3.05, 3.63) is 52.4 Å². The van der Waals surface area contributed by atoms with Gasteiger partial charge in [-0.1, -0.05) is 12.8 Å². The fourth-order valence-electron chi connectivity index (χ4n) is 4.84. The molecule has 32 heavy (non-hydrogen) atoms. The monoisotopic (exact) mass is 454 g/mol. The lowest BCUT2D eigenvalue weighted by molar-refractivity contribution is 0.515. The van der Waals surface area contributed by atoms with E-state index in [2.05, 4.69) is 44.8 Å². The number of rotatable bonds is 4. The SMILES string of the molecule is Cc1cc(=O)n(C2CCCC2)c2nc(Nc3ccc(N4CCCNCC4)cc3)ncc12.Cl. The van der Waals surface area contributed by atoms with Gasteiger partial charge in [-0.2, -0.15) is 4.98 Å². The molecule has 1 aromatic carbocycles. The molecule has 8 heteroatoms. The third-order valence-electron chi connectivity index (χ3n) is 6.52. The van der Waals surface area contributed by atoms with Crippen LogP contribution in [0.5, 0.6) is 0 Å². The van der Waals surface area contributed by atoms with E-state index in [4.69, 9.17) is 4.98 Å². The molecular formula is C24H31ClN6O. The van der Waals surface area contributed by atoms with Gasteiger partial charge in [0.25, 0.3) is 5.56 Å². The quantitative estimate of drug-likeness (QED) is 0.616. The first-order valence-electron chi connectivity index (χ1n) is 11.4. The third-order valence-corrected chi connectivity index (χ3v) is 6.52. The smallest absolute Gasteiger partial charge is 0.252 e. The number of benzene rings is 1. The number of nitrogens with one attached hydrogen (secondary N) is 2. The van der Waals surface area contributed by atoms with E-state index in [-0.39, 0.29) is 24.0 Å². The number of nitrogens with zero attached hydrogens (tertiary/aromatic N) is 4. The number of pyridine rings is 1. The number of halogens is 1. The minimum atomic E-state index is 0. The van der Waals surface area contributed by atoms with Crippen molar-refractivity contribution in [2.45, 2.75) is 45.1 Å². The highest BCUT2D eigenvalue weighted by Crippen LogP contribution is 2.31. The molecule has 3 aromatic rings. The summed E-state index contributed by atoms with van der Waals surface area (Å²) >= 11 is 0. The van der Waals surface area contributed by atoms with Crippen LogP contribution in [-0.4, -0.2) is 40.7 Å². The predicted molar refractivity (Wildman–Crippen MR) is 133 cm³/mol. The molecule has 5 rings (SSSR count). The Labute approximate surface area is 194 Å². The average Bonchev–Trinajstić information content (AvgIpc) is 3.15. The van der Waals surface area contributed by atoms with Crippen LogP contribution in [0.4, 0.5) is 17.3 Å². The maximum atomic E-state index is 12.8. The molecule has 1 saturated heterocycles. The highest BCUT2D eigenvalue weighted by Gasteiger charge is 2.21. The summed E-state index contributed by atoms with van der Waals surface area (Å²) in [6, 6.07) is 10.4. The molecule has 170 valence electrons. The van der Waals surface area contributed by atoms with Crippen molar-refractivity contribution in [1.82, 2.24) is 19.9 Å². The molecule has 2 fully saturated rings. The number of hydrogen-bond donors (Lipinski definition) is 2. The molecule has 1 aliphatic heterocycles. The van der Waals surface area contributed by atoms with Gasteiger partial charge in [-0.25, -0.2) is 4.98 Å². The van der Waals surface area contributed by atoms with Crippen LogP contribution in [0.25, 0.3) is 11.0 Å². The van der Waals surface area contributed by atoms with Gasteiger partial charge < -0.3 is 15.5 Å². The Bertz CT molecular complexity index is 1120. The van der Waals surface area contributed by atoms with Gasteiger partial charge in [0, 0.05) is 54.7 Å². The summed E-state index contributed by atoms with van der Waals surface area (Å²) in [5.74, 6) is 0.524. The second-order valence-electron chi connectivity index (χ2n) is 8.67. The van der Waals surface area contributed by atoms with Gasteiger partial charge in [-0.3, -0.25) is 9.36 Å². The van der Waals surface area contributed by atoms with Crippen molar-refractivity contribution in [3.63, 3.8) is 0 Å². The summed E-state index contributed by atoms with van der Waals surface area (Å²) < 4.78 is 1.89. The molecule has 3 heterocycles.